The Labute approximate surface area is 315 Å². The minimum absolute atomic E-state index is 0.777. The number of benzene rings is 8. The fourth-order valence-corrected chi connectivity index (χ4v) is 17.7. The average molecular weight is 790 g/mol. The van der Waals surface area contributed by atoms with E-state index in [4.69, 9.17) is 0 Å². The summed E-state index contributed by atoms with van der Waals surface area (Å²) in [7, 11) is 0.777. The van der Waals surface area contributed by atoms with Crippen LogP contribution < -0.4 is 36.7 Å². The molecule has 4 radical (unpaired) electrons. The second-order valence-corrected chi connectivity index (χ2v) is 23.6. The first-order chi connectivity index (χ1) is 25.3. The Balaban J connectivity index is 0.000000134. The molecule has 51 heavy (non-hydrogen) atoms. The molecule has 0 bridgehead atoms. The summed E-state index contributed by atoms with van der Waals surface area (Å²) in [5.74, 6) is 0. The Morgan fingerprint density at radius 2 is 0.353 bits per heavy atom. The molecule has 8 aromatic carbocycles. The molecule has 0 unspecified atom stereocenters. The molecular formula is C48H40Ge2Si. The van der Waals surface area contributed by atoms with E-state index in [2.05, 4.69) is 243 Å². The van der Waals surface area contributed by atoms with Crippen LogP contribution in [0.2, 0.25) is 0 Å². The molecule has 0 aromatic heterocycles. The molecule has 0 saturated carbocycles. The van der Waals surface area contributed by atoms with Crippen molar-refractivity contribution in [3.63, 3.8) is 0 Å². The van der Waals surface area contributed by atoms with Gasteiger partial charge in [-0.2, -0.15) is 0 Å². The number of rotatable bonds is 8. The quantitative estimate of drug-likeness (QED) is 0.172. The van der Waals surface area contributed by atoms with Gasteiger partial charge in [0.1, 0.15) is 9.52 Å². The summed E-state index contributed by atoms with van der Waals surface area (Å²) in [5, 5.41) is 2.79. The summed E-state index contributed by atoms with van der Waals surface area (Å²) in [4.78, 5) is 0. The predicted molar refractivity (Wildman–Crippen MR) is 226 cm³/mol. The van der Waals surface area contributed by atoms with Crippen molar-refractivity contribution in [1.29, 1.82) is 0 Å². The summed E-state index contributed by atoms with van der Waals surface area (Å²) >= 11 is -3.26. The van der Waals surface area contributed by atoms with Crippen LogP contribution in [-0.4, -0.2) is 38.2 Å². The van der Waals surface area contributed by atoms with Gasteiger partial charge in [0.2, 0.25) is 0 Å². The molecule has 3 heteroatoms. The van der Waals surface area contributed by atoms with E-state index in [1.807, 2.05) is 0 Å². The molecule has 0 spiro atoms. The van der Waals surface area contributed by atoms with Gasteiger partial charge in [-0.25, -0.2) is 0 Å². The van der Waals surface area contributed by atoms with Crippen molar-refractivity contribution in [1.82, 2.24) is 0 Å². The van der Waals surface area contributed by atoms with E-state index in [9.17, 15) is 0 Å². The zero-order valence-corrected chi connectivity index (χ0v) is 33.8. The minimum atomic E-state index is -1.63. The van der Waals surface area contributed by atoms with E-state index >= 15 is 0 Å². The molecule has 0 aliphatic heterocycles. The molecule has 0 amide bonds. The van der Waals surface area contributed by atoms with Crippen molar-refractivity contribution in [3.8, 4) is 0 Å². The van der Waals surface area contributed by atoms with Gasteiger partial charge >= 0.3 is 237 Å². The zero-order chi connectivity index (χ0) is 34.8. The van der Waals surface area contributed by atoms with Crippen molar-refractivity contribution in [2.24, 2.45) is 0 Å². The molecule has 0 saturated heterocycles. The Morgan fingerprint density at radius 3 is 0.529 bits per heavy atom. The first-order valence-electron chi connectivity index (χ1n) is 17.3. The largest absolute Gasteiger partial charge is 0.121 e. The summed E-state index contributed by atoms with van der Waals surface area (Å²) in [6.07, 6.45) is 0. The molecule has 0 heterocycles. The van der Waals surface area contributed by atoms with Gasteiger partial charge in [-0.1, -0.05) is 71.0 Å². The van der Waals surface area contributed by atoms with Crippen molar-refractivity contribution in [3.05, 3.63) is 243 Å². The van der Waals surface area contributed by atoms with Gasteiger partial charge in [0.25, 0.3) is 0 Å². The van der Waals surface area contributed by atoms with Gasteiger partial charge in [0.05, 0.1) is 0 Å². The van der Waals surface area contributed by atoms with Gasteiger partial charge in [-0.3, -0.25) is 0 Å². The monoisotopic (exact) mass is 792 g/mol. The zero-order valence-electron chi connectivity index (χ0n) is 28.6. The molecule has 8 rings (SSSR count). The third-order valence-corrected chi connectivity index (χ3v) is 20.9. The van der Waals surface area contributed by atoms with Crippen LogP contribution in [0.4, 0.5) is 0 Å². The maximum atomic E-state index is 2.27. The fourth-order valence-electron chi connectivity index (χ4n) is 5.84. The molecule has 0 fully saturated rings. The van der Waals surface area contributed by atoms with E-state index in [0.29, 0.717) is 0 Å². The van der Waals surface area contributed by atoms with Crippen LogP contribution in [-0.2, 0) is 0 Å². The Morgan fingerprint density at radius 1 is 0.196 bits per heavy atom. The fraction of sp³-hybridized carbons (Fsp3) is 0. The van der Waals surface area contributed by atoms with Gasteiger partial charge < -0.3 is 0 Å². The molecule has 8 aromatic rings. The first-order valence-corrected chi connectivity index (χ1v) is 24.6. The molecule has 0 aliphatic carbocycles. The van der Waals surface area contributed by atoms with Gasteiger partial charge in [0.15, 0.2) is 0 Å². The maximum Gasteiger partial charge on any atom is 0.121 e. The number of hydrogen-bond donors (Lipinski definition) is 0. The maximum absolute atomic E-state index is 2.27. The molecule has 0 atom stereocenters. The van der Waals surface area contributed by atoms with Crippen molar-refractivity contribution >= 4 is 75.0 Å². The van der Waals surface area contributed by atoms with Crippen LogP contribution in [0, 0.1) is 0 Å². The topological polar surface area (TPSA) is 0 Å². The summed E-state index contributed by atoms with van der Waals surface area (Å²) < 4.78 is 9.00. The molecule has 0 nitrogen and oxygen atoms in total. The minimum Gasteiger partial charge on any atom is -0.0631 e. The van der Waals surface area contributed by atoms with Crippen LogP contribution in [0.3, 0.4) is 0 Å². The number of hydrogen-bond acceptors (Lipinski definition) is 0. The molecule has 0 aliphatic rings. The SMILES string of the molecule is c1cc[c]([Ge]([c]2ccccc2)[c]2ccccc2)cc1.c1cc[c]([Ge]([c]2ccccc2)[c]2ccccc2)cc1.c1ccc([Si]c2ccccc2)cc1. The standard InChI is InChI=1S/2C18H15Ge.C12H10Si/c2*1-4-10-16(11-5-1)19(17-12-6-2-7-13-17)18-14-8-3-9-15-18;1-3-7-11(8-4-1)13-12-9-5-2-6-10-12/h2*1-15H;1-10H. The third-order valence-electron chi connectivity index (χ3n) is 8.21. The summed E-state index contributed by atoms with van der Waals surface area (Å²) in [5.41, 5.74) is 0. The van der Waals surface area contributed by atoms with Crippen molar-refractivity contribution in [2.75, 3.05) is 0 Å². The van der Waals surface area contributed by atoms with Crippen molar-refractivity contribution in [2.45, 2.75) is 0 Å². The second-order valence-electron chi connectivity index (χ2n) is 11.8. The normalized spacial score (nSPS) is 10.4. The molecular weight excluding hydrogens is 750 g/mol. The van der Waals surface area contributed by atoms with Crippen LogP contribution in [0.5, 0.6) is 0 Å². The average Bonchev–Trinajstić information content (AvgIpc) is 3.22. The van der Waals surface area contributed by atoms with E-state index in [0.717, 1.165) is 9.52 Å². The van der Waals surface area contributed by atoms with E-state index in [1.54, 1.807) is 0 Å². The van der Waals surface area contributed by atoms with Gasteiger partial charge in [0, 0.05) is 0 Å². The molecule has 244 valence electrons. The first kappa shape index (κ1) is 35.9. The van der Waals surface area contributed by atoms with Crippen LogP contribution in [0.25, 0.3) is 0 Å². The Kier molecular flexibility index (Phi) is 14.1. The van der Waals surface area contributed by atoms with Crippen LogP contribution in [0.1, 0.15) is 0 Å². The second kappa shape index (κ2) is 20.0. The van der Waals surface area contributed by atoms with E-state index in [1.165, 1.54) is 36.7 Å². The molecule has 0 N–H and O–H groups in total. The Hall–Kier alpha value is -4.94. The smallest absolute Gasteiger partial charge is 0.0631 e. The predicted octanol–water partition coefficient (Wildman–Crippen LogP) is 5.75. The van der Waals surface area contributed by atoms with E-state index < -0.39 is 28.7 Å². The van der Waals surface area contributed by atoms with Gasteiger partial charge in [-0.15, -0.1) is 0 Å². The van der Waals surface area contributed by atoms with Gasteiger partial charge in [-0.05, 0) is 0 Å². The van der Waals surface area contributed by atoms with E-state index in [-0.39, 0.29) is 0 Å². The summed E-state index contributed by atoms with van der Waals surface area (Å²) in [6.45, 7) is 0. The van der Waals surface area contributed by atoms with Crippen LogP contribution in [0.15, 0.2) is 243 Å². The third kappa shape index (κ3) is 11.0. The van der Waals surface area contributed by atoms with Crippen molar-refractivity contribution < 1.29 is 0 Å². The Bertz CT molecular complexity index is 1740. The summed E-state index contributed by atoms with van der Waals surface area (Å²) in [6, 6.07) is 86.7. The van der Waals surface area contributed by atoms with Crippen LogP contribution >= 0.6 is 0 Å².